The van der Waals surface area contributed by atoms with Gasteiger partial charge in [-0.2, -0.15) is 5.10 Å². The van der Waals surface area contributed by atoms with Crippen LogP contribution in [-0.4, -0.2) is 19.7 Å². The topological polar surface area (TPSA) is 55.6 Å². The molecule has 0 radical (unpaired) electrons. The molecular weight excluding hydrogens is 262 g/mol. The zero-order chi connectivity index (χ0) is 14.7. The molecule has 0 amide bonds. The smallest absolute Gasteiger partial charge is 0.130 e. The first-order valence-corrected chi connectivity index (χ1v) is 6.87. The van der Waals surface area contributed by atoms with Crippen molar-refractivity contribution in [2.75, 3.05) is 5.32 Å². The third-order valence-corrected chi connectivity index (χ3v) is 3.33. The van der Waals surface area contributed by atoms with Gasteiger partial charge < -0.3 is 5.32 Å². The van der Waals surface area contributed by atoms with Gasteiger partial charge in [0.05, 0.1) is 5.69 Å². The van der Waals surface area contributed by atoms with Gasteiger partial charge in [-0.1, -0.05) is 12.1 Å². The summed E-state index contributed by atoms with van der Waals surface area (Å²) in [5, 5.41) is 7.60. The van der Waals surface area contributed by atoms with E-state index in [1.54, 1.807) is 12.5 Å². The molecule has 5 heteroatoms. The van der Waals surface area contributed by atoms with Crippen LogP contribution in [0.4, 0.5) is 5.82 Å². The Labute approximate surface area is 123 Å². The highest BCUT2D eigenvalue weighted by Crippen LogP contribution is 2.19. The van der Waals surface area contributed by atoms with Crippen molar-refractivity contribution in [3.05, 3.63) is 66.4 Å². The zero-order valence-electron chi connectivity index (χ0n) is 12.1. The van der Waals surface area contributed by atoms with Crippen LogP contribution in [0.15, 0.2) is 55.1 Å². The second kappa shape index (κ2) is 5.75. The van der Waals surface area contributed by atoms with Crippen LogP contribution in [-0.2, 0) is 0 Å². The minimum atomic E-state index is 0.172. The maximum Gasteiger partial charge on any atom is 0.130 e. The largest absolute Gasteiger partial charge is 0.363 e. The van der Waals surface area contributed by atoms with Crippen LogP contribution in [0.1, 0.15) is 24.2 Å². The second-order valence-electron chi connectivity index (χ2n) is 4.95. The minimum Gasteiger partial charge on any atom is -0.363 e. The van der Waals surface area contributed by atoms with Crippen LogP contribution in [0.2, 0.25) is 0 Å². The average Bonchev–Trinajstić information content (AvgIpc) is 3.01. The molecule has 2 heterocycles. The van der Waals surface area contributed by atoms with Crippen LogP contribution in [0.3, 0.4) is 0 Å². The molecule has 1 aromatic carbocycles. The van der Waals surface area contributed by atoms with Crippen LogP contribution < -0.4 is 5.32 Å². The molecular formula is C16H17N5. The third-order valence-electron chi connectivity index (χ3n) is 3.33. The number of hydrogen-bond acceptors (Lipinski definition) is 4. The van der Waals surface area contributed by atoms with E-state index >= 15 is 0 Å². The van der Waals surface area contributed by atoms with Gasteiger partial charge in [0.1, 0.15) is 12.1 Å². The van der Waals surface area contributed by atoms with Gasteiger partial charge in [0.15, 0.2) is 0 Å². The third kappa shape index (κ3) is 3.08. The SMILES string of the molecule is Cc1cc(NC(C)c2ccc(-n3cccn3)cc2)ncn1. The molecule has 3 rings (SSSR count). The van der Waals surface area contributed by atoms with Crippen molar-refractivity contribution in [3.8, 4) is 5.69 Å². The summed E-state index contributed by atoms with van der Waals surface area (Å²) in [6, 6.07) is 12.3. The molecule has 0 aliphatic carbocycles. The summed E-state index contributed by atoms with van der Waals surface area (Å²) in [5.74, 6) is 0.839. The Morgan fingerprint density at radius 3 is 2.62 bits per heavy atom. The first kappa shape index (κ1) is 13.3. The summed E-state index contributed by atoms with van der Waals surface area (Å²) in [6.45, 7) is 4.07. The van der Waals surface area contributed by atoms with Gasteiger partial charge in [-0.15, -0.1) is 0 Å². The van der Waals surface area contributed by atoms with Crippen molar-refractivity contribution in [2.45, 2.75) is 19.9 Å². The molecule has 1 unspecified atom stereocenters. The van der Waals surface area contributed by atoms with Gasteiger partial charge in [0.2, 0.25) is 0 Å². The number of hydrogen-bond donors (Lipinski definition) is 1. The van der Waals surface area contributed by atoms with Crippen LogP contribution in [0.25, 0.3) is 5.69 Å². The van der Waals surface area contributed by atoms with Crippen molar-refractivity contribution in [1.29, 1.82) is 0 Å². The van der Waals surface area contributed by atoms with Gasteiger partial charge in [-0.25, -0.2) is 14.6 Å². The Morgan fingerprint density at radius 1 is 1.14 bits per heavy atom. The number of anilines is 1. The molecule has 3 aromatic rings. The lowest BCUT2D eigenvalue weighted by Crippen LogP contribution is -2.08. The van der Waals surface area contributed by atoms with Gasteiger partial charge >= 0.3 is 0 Å². The van der Waals surface area contributed by atoms with Crippen molar-refractivity contribution in [1.82, 2.24) is 19.7 Å². The van der Waals surface area contributed by atoms with Gasteiger partial charge in [-0.05, 0) is 37.6 Å². The predicted octanol–water partition coefficient (Wildman–Crippen LogP) is 3.14. The summed E-state index contributed by atoms with van der Waals surface area (Å²) < 4.78 is 1.84. The summed E-state index contributed by atoms with van der Waals surface area (Å²) in [7, 11) is 0. The first-order chi connectivity index (χ1) is 10.2. The van der Waals surface area contributed by atoms with Crippen molar-refractivity contribution in [2.24, 2.45) is 0 Å². The molecule has 1 atom stereocenters. The highest BCUT2D eigenvalue weighted by Gasteiger charge is 2.07. The maximum atomic E-state index is 4.23. The van der Waals surface area contributed by atoms with Crippen molar-refractivity contribution in [3.63, 3.8) is 0 Å². The molecule has 0 aliphatic heterocycles. The Balaban J connectivity index is 1.74. The van der Waals surface area contributed by atoms with Crippen molar-refractivity contribution < 1.29 is 0 Å². The van der Waals surface area contributed by atoms with Gasteiger partial charge in [0, 0.05) is 30.2 Å². The molecule has 5 nitrogen and oxygen atoms in total. The van der Waals surface area contributed by atoms with E-state index < -0.39 is 0 Å². The fourth-order valence-corrected chi connectivity index (χ4v) is 2.18. The molecule has 1 N–H and O–H groups in total. The Kier molecular flexibility index (Phi) is 3.64. The molecule has 2 aromatic heterocycles. The summed E-state index contributed by atoms with van der Waals surface area (Å²) in [6.07, 6.45) is 5.28. The lowest BCUT2D eigenvalue weighted by molar-refractivity contribution is 0.856. The molecule has 0 aliphatic rings. The Morgan fingerprint density at radius 2 is 1.95 bits per heavy atom. The number of nitrogens with zero attached hydrogens (tertiary/aromatic N) is 4. The molecule has 0 fully saturated rings. The summed E-state index contributed by atoms with van der Waals surface area (Å²) in [5.41, 5.74) is 3.20. The number of benzene rings is 1. The highest BCUT2D eigenvalue weighted by molar-refractivity contribution is 5.40. The minimum absolute atomic E-state index is 0.172. The monoisotopic (exact) mass is 279 g/mol. The first-order valence-electron chi connectivity index (χ1n) is 6.87. The van der Waals surface area contributed by atoms with Crippen molar-refractivity contribution >= 4 is 5.82 Å². The molecule has 0 spiro atoms. The van der Waals surface area contributed by atoms with Crippen LogP contribution in [0.5, 0.6) is 0 Å². The number of nitrogens with one attached hydrogen (secondary N) is 1. The molecule has 21 heavy (non-hydrogen) atoms. The van der Waals surface area contributed by atoms with E-state index in [9.17, 15) is 0 Å². The quantitative estimate of drug-likeness (QED) is 0.797. The van der Waals surface area contributed by atoms with E-state index in [-0.39, 0.29) is 6.04 Å². The van der Waals surface area contributed by atoms with Crippen LogP contribution >= 0.6 is 0 Å². The maximum absolute atomic E-state index is 4.23. The van der Waals surface area contributed by atoms with E-state index in [1.807, 2.05) is 29.9 Å². The van der Waals surface area contributed by atoms with Crippen LogP contribution in [0, 0.1) is 6.92 Å². The molecule has 106 valence electrons. The molecule has 0 saturated heterocycles. The van der Waals surface area contributed by atoms with E-state index in [4.69, 9.17) is 0 Å². The van der Waals surface area contributed by atoms with Gasteiger partial charge in [0.25, 0.3) is 0 Å². The number of aromatic nitrogens is 4. The van der Waals surface area contributed by atoms with Gasteiger partial charge in [-0.3, -0.25) is 0 Å². The average molecular weight is 279 g/mol. The van der Waals surface area contributed by atoms with E-state index in [2.05, 4.69) is 51.6 Å². The summed E-state index contributed by atoms with van der Waals surface area (Å²) >= 11 is 0. The Hall–Kier alpha value is -2.69. The standard InChI is InChI=1S/C16H17N5/c1-12-10-16(18-11-17-12)20-13(2)14-4-6-15(7-5-14)21-9-3-8-19-21/h3-11,13H,1-2H3,(H,17,18,20). The fraction of sp³-hybridized carbons (Fsp3) is 0.188. The normalized spacial score (nSPS) is 12.1. The highest BCUT2D eigenvalue weighted by atomic mass is 15.3. The van der Waals surface area contributed by atoms with E-state index in [1.165, 1.54) is 5.56 Å². The summed E-state index contributed by atoms with van der Waals surface area (Å²) in [4.78, 5) is 8.33. The lowest BCUT2D eigenvalue weighted by atomic mass is 10.1. The van der Waals surface area contributed by atoms with E-state index in [0.29, 0.717) is 0 Å². The second-order valence-corrected chi connectivity index (χ2v) is 4.95. The fourth-order valence-electron chi connectivity index (χ4n) is 2.18. The zero-order valence-corrected chi connectivity index (χ0v) is 12.1. The molecule has 0 bridgehead atoms. The predicted molar refractivity (Wildman–Crippen MR) is 82.4 cm³/mol. The lowest BCUT2D eigenvalue weighted by Gasteiger charge is -2.15. The van der Waals surface area contributed by atoms with E-state index in [0.717, 1.165) is 17.2 Å². The number of rotatable bonds is 4. The number of aryl methyl sites for hydroxylation is 1. The molecule has 0 saturated carbocycles. The Bertz CT molecular complexity index is 704.